The maximum absolute atomic E-state index is 11.9. The first kappa shape index (κ1) is 12.7. The van der Waals surface area contributed by atoms with E-state index in [9.17, 15) is 9.59 Å². The van der Waals surface area contributed by atoms with E-state index in [1.807, 2.05) is 0 Å². The molecule has 0 saturated carbocycles. The largest absolute Gasteiger partial charge is 0.349 e. The molecule has 0 aromatic heterocycles. The van der Waals surface area contributed by atoms with Gasteiger partial charge in [0, 0.05) is 33.7 Å². The second-order valence-electron chi connectivity index (χ2n) is 4.07. The Morgan fingerprint density at radius 2 is 2.38 bits per heavy atom. The highest BCUT2D eigenvalue weighted by atomic mass is 16.2. The molecule has 5 nitrogen and oxygen atoms in total. The summed E-state index contributed by atoms with van der Waals surface area (Å²) in [6.45, 7) is 5.57. The second-order valence-corrected chi connectivity index (χ2v) is 4.07. The number of carbonyl (C=O) groups is 2. The van der Waals surface area contributed by atoms with Crippen LogP contribution in [-0.2, 0) is 9.59 Å². The molecule has 1 fully saturated rings. The summed E-state index contributed by atoms with van der Waals surface area (Å²) in [7, 11) is 3.38. The fourth-order valence-electron chi connectivity index (χ4n) is 1.65. The van der Waals surface area contributed by atoms with Gasteiger partial charge in [-0.15, -0.1) is 6.58 Å². The molecule has 1 N–H and O–H groups in total. The summed E-state index contributed by atoms with van der Waals surface area (Å²) in [6.07, 6.45) is 1.92. The van der Waals surface area contributed by atoms with Crippen LogP contribution >= 0.6 is 0 Å². The Balaban J connectivity index is 2.56. The Kier molecular flexibility index (Phi) is 4.49. The molecule has 16 heavy (non-hydrogen) atoms. The minimum absolute atomic E-state index is 0.0126. The number of hydrogen-bond donors (Lipinski definition) is 1. The molecule has 1 unspecified atom stereocenters. The van der Waals surface area contributed by atoms with Crippen molar-refractivity contribution in [2.45, 2.75) is 12.5 Å². The van der Waals surface area contributed by atoms with E-state index < -0.39 is 0 Å². The highest BCUT2D eigenvalue weighted by Crippen LogP contribution is 2.06. The third kappa shape index (κ3) is 3.06. The van der Waals surface area contributed by atoms with Crippen molar-refractivity contribution >= 4 is 11.8 Å². The zero-order valence-electron chi connectivity index (χ0n) is 9.90. The lowest BCUT2D eigenvalue weighted by Crippen LogP contribution is -2.56. The molecule has 1 heterocycles. The van der Waals surface area contributed by atoms with E-state index in [-0.39, 0.29) is 24.3 Å². The number of hydrogen-bond acceptors (Lipinski definition) is 3. The van der Waals surface area contributed by atoms with Crippen molar-refractivity contribution in [3.8, 4) is 0 Å². The van der Waals surface area contributed by atoms with Gasteiger partial charge in [0.2, 0.25) is 11.8 Å². The first-order chi connectivity index (χ1) is 7.56. The highest BCUT2D eigenvalue weighted by Gasteiger charge is 2.29. The van der Waals surface area contributed by atoms with Crippen molar-refractivity contribution in [3.63, 3.8) is 0 Å². The summed E-state index contributed by atoms with van der Waals surface area (Å²) in [5.41, 5.74) is 0. The number of amides is 2. The van der Waals surface area contributed by atoms with Crippen LogP contribution in [0.1, 0.15) is 6.42 Å². The number of nitrogens with zero attached hydrogens (tertiary/aromatic N) is 2. The lowest BCUT2D eigenvalue weighted by atomic mass is 10.1. The van der Waals surface area contributed by atoms with Crippen LogP contribution in [0.2, 0.25) is 0 Å². The number of carbonyl (C=O) groups excluding carboxylic acids is 2. The quantitative estimate of drug-likeness (QED) is 0.653. The molecule has 0 aromatic rings. The zero-order valence-corrected chi connectivity index (χ0v) is 9.90. The summed E-state index contributed by atoms with van der Waals surface area (Å²) >= 11 is 0. The van der Waals surface area contributed by atoms with Crippen molar-refractivity contribution in [1.82, 2.24) is 15.1 Å². The van der Waals surface area contributed by atoms with Crippen molar-refractivity contribution in [2.24, 2.45) is 0 Å². The highest BCUT2D eigenvalue weighted by molar-refractivity contribution is 5.88. The van der Waals surface area contributed by atoms with Crippen molar-refractivity contribution in [1.29, 1.82) is 0 Å². The summed E-state index contributed by atoms with van der Waals surface area (Å²) < 4.78 is 0. The normalized spacial score (nSPS) is 20.8. The van der Waals surface area contributed by atoms with E-state index >= 15 is 0 Å². The van der Waals surface area contributed by atoms with Crippen LogP contribution in [0.4, 0.5) is 0 Å². The first-order valence-corrected chi connectivity index (χ1v) is 5.39. The zero-order chi connectivity index (χ0) is 12.1. The molecule has 1 rings (SSSR count). The van der Waals surface area contributed by atoms with Gasteiger partial charge in [-0.05, 0) is 0 Å². The maximum atomic E-state index is 11.9. The van der Waals surface area contributed by atoms with Crippen molar-refractivity contribution in [3.05, 3.63) is 12.7 Å². The van der Waals surface area contributed by atoms with Crippen LogP contribution in [0.3, 0.4) is 0 Å². The fourth-order valence-corrected chi connectivity index (χ4v) is 1.65. The van der Waals surface area contributed by atoms with Crippen LogP contribution in [-0.4, -0.2) is 61.4 Å². The summed E-state index contributed by atoms with van der Waals surface area (Å²) in [6, 6.07) is -0.386. The maximum Gasteiger partial charge on any atom is 0.240 e. The average molecular weight is 225 g/mol. The number of rotatable bonds is 4. The van der Waals surface area contributed by atoms with E-state index in [2.05, 4.69) is 11.9 Å². The summed E-state index contributed by atoms with van der Waals surface area (Å²) in [5, 5.41) is 3.07. The van der Waals surface area contributed by atoms with Gasteiger partial charge in [-0.3, -0.25) is 9.59 Å². The molecular weight excluding hydrogens is 206 g/mol. The molecule has 0 spiro atoms. The lowest BCUT2D eigenvalue weighted by Gasteiger charge is -2.32. The van der Waals surface area contributed by atoms with Gasteiger partial charge in [-0.1, -0.05) is 6.08 Å². The van der Waals surface area contributed by atoms with Gasteiger partial charge >= 0.3 is 0 Å². The third-order valence-corrected chi connectivity index (χ3v) is 2.61. The molecule has 2 amide bonds. The standard InChI is InChI=1S/C11H19N3O2/c1-4-6-14-7-5-12-9(11(14)16)8-10(15)13(2)3/h4,9,12H,1,5-8H2,2-3H3. The van der Waals surface area contributed by atoms with Crippen molar-refractivity contribution < 1.29 is 9.59 Å². The Morgan fingerprint density at radius 1 is 1.69 bits per heavy atom. The molecular formula is C11H19N3O2. The number of nitrogens with one attached hydrogen (secondary N) is 1. The van der Waals surface area contributed by atoms with Crippen LogP contribution in [0, 0.1) is 0 Å². The molecule has 0 aliphatic carbocycles. The SMILES string of the molecule is C=CCN1CCNC(CC(=O)N(C)C)C1=O. The Morgan fingerprint density at radius 3 is 2.94 bits per heavy atom. The van der Waals surface area contributed by atoms with E-state index in [0.29, 0.717) is 13.1 Å². The van der Waals surface area contributed by atoms with Crippen molar-refractivity contribution in [2.75, 3.05) is 33.7 Å². The molecule has 1 aliphatic rings. The molecule has 1 saturated heterocycles. The van der Waals surface area contributed by atoms with Crippen LogP contribution in [0.15, 0.2) is 12.7 Å². The predicted octanol–water partition coefficient (Wildman–Crippen LogP) is -0.549. The van der Waals surface area contributed by atoms with E-state index in [0.717, 1.165) is 6.54 Å². The molecule has 0 aromatic carbocycles. The van der Waals surface area contributed by atoms with E-state index in [1.54, 1.807) is 25.1 Å². The molecule has 1 aliphatic heterocycles. The van der Waals surface area contributed by atoms with Gasteiger partial charge in [0.15, 0.2) is 0 Å². The summed E-state index contributed by atoms with van der Waals surface area (Å²) in [4.78, 5) is 26.7. The van der Waals surface area contributed by atoms with E-state index in [1.165, 1.54) is 4.90 Å². The second kappa shape index (κ2) is 5.65. The molecule has 1 atom stereocenters. The third-order valence-electron chi connectivity index (χ3n) is 2.61. The summed E-state index contributed by atoms with van der Waals surface area (Å²) in [5.74, 6) is -0.0485. The van der Waals surface area contributed by atoms with Gasteiger partial charge in [-0.25, -0.2) is 0 Å². The fraction of sp³-hybridized carbons (Fsp3) is 0.636. The Hall–Kier alpha value is -1.36. The van der Waals surface area contributed by atoms with Crippen LogP contribution in [0.5, 0.6) is 0 Å². The van der Waals surface area contributed by atoms with Gasteiger partial charge in [0.05, 0.1) is 12.5 Å². The minimum Gasteiger partial charge on any atom is -0.349 e. The lowest BCUT2D eigenvalue weighted by molar-refractivity contribution is -0.139. The first-order valence-electron chi connectivity index (χ1n) is 5.39. The van der Waals surface area contributed by atoms with Gasteiger partial charge in [0.1, 0.15) is 0 Å². The van der Waals surface area contributed by atoms with Crippen LogP contribution < -0.4 is 5.32 Å². The minimum atomic E-state index is -0.386. The average Bonchev–Trinajstić information content (AvgIpc) is 2.24. The van der Waals surface area contributed by atoms with Gasteiger partial charge in [0.25, 0.3) is 0 Å². The monoisotopic (exact) mass is 225 g/mol. The van der Waals surface area contributed by atoms with Crippen LogP contribution in [0.25, 0.3) is 0 Å². The Labute approximate surface area is 96.1 Å². The molecule has 0 bridgehead atoms. The topological polar surface area (TPSA) is 52.7 Å². The van der Waals surface area contributed by atoms with E-state index in [4.69, 9.17) is 0 Å². The van der Waals surface area contributed by atoms with Gasteiger partial charge in [-0.2, -0.15) is 0 Å². The predicted molar refractivity (Wildman–Crippen MR) is 61.9 cm³/mol. The molecule has 0 radical (unpaired) electrons. The molecule has 5 heteroatoms. The Bertz CT molecular complexity index is 289. The molecule has 90 valence electrons. The smallest absolute Gasteiger partial charge is 0.240 e. The van der Waals surface area contributed by atoms with Gasteiger partial charge < -0.3 is 15.1 Å². The number of piperazine rings is 1.